The van der Waals surface area contributed by atoms with Crippen molar-refractivity contribution in [1.29, 1.82) is 0 Å². The molecule has 5 heteroatoms. The van der Waals surface area contributed by atoms with E-state index in [1.54, 1.807) is 0 Å². The molecule has 0 fully saturated rings. The molecule has 5 rings (SSSR count). The van der Waals surface area contributed by atoms with Crippen LogP contribution >= 0.6 is 0 Å². The second-order valence-corrected chi connectivity index (χ2v) is 7.88. The van der Waals surface area contributed by atoms with Crippen molar-refractivity contribution in [2.45, 2.75) is 32.1 Å². The Morgan fingerprint density at radius 1 is 1.03 bits per heavy atom. The van der Waals surface area contributed by atoms with Gasteiger partial charge in [-0.05, 0) is 27.8 Å². The molecule has 1 aromatic heterocycles. The molecule has 0 N–H and O–H groups in total. The van der Waals surface area contributed by atoms with Gasteiger partial charge in [-0.25, -0.2) is 4.79 Å². The van der Waals surface area contributed by atoms with Crippen LogP contribution in [0.25, 0.3) is 10.8 Å². The lowest BCUT2D eigenvalue weighted by atomic mass is 9.81. The van der Waals surface area contributed by atoms with E-state index in [4.69, 9.17) is 9.36 Å². The molecule has 0 radical (unpaired) electrons. The monoisotopic (exact) mass is 410 g/mol. The third kappa shape index (κ3) is 3.87. The summed E-state index contributed by atoms with van der Waals surface area (Å²) in [5.74, 6) is 0.547. The molecule has 154 valence electrons. The standard InChI is InChI=1S/C26H22N2O3/c1-17(29)30-27-24-15-21(18-8-3-2-4-9-18)16-25-26(24)23(28-31-25)14-20-12-7-11-19-10-5-6-13-22(19)20/h2-13,21H,14-16H2,1H3. The Bertz CT molecular complexity index is 1270. The van der Waals surface area contributed by atoms with Gasteiger partial charge in [0.05, 0.1) is 17.0 Å². The number of aromatic nitrogens is 1. The van der Waals surface area contributed by atoms with Crippen molar-refractivity contribution >= 4 is 22.5 Å². The van der Waals surface area contributed by atoms with Gasteiger partial charge < -0.3 is 9.36 Å². The minimum absolute atomic E-state index is 0.196. The molecular weight excluding hydrogens is 388 g/mol. The van der Waals surface area contributed by atoms with Crippen LogP contribution in [-0.4, -0.2) is 16.8 Å². The highest BCUT2D eigenvalue weighted by Gasteiger charge is 2.32. The quantitative estimate of drug-likeness (QED) is 0.333. The van der Waals surface area contributed by atoms with Crippen LogP contribution in [0.15, 0.2) is 82.5 Å². The molecule has 1 aliphatic rings. The second kappa shape index (κ2) is 8.19. The van der Waals surface area contributed by atoms with E-state index in [2.05, 4.69) is 52.8 Å². The molecule has 0 saturated heterocycles. The minimum Gasteiger partial charge on any atom is -0.360 e. The van der Waals surface area contributed by atoms with Crippen LogP contribution in [0.3, 0.4) is 0 Å². The molecule has 0 aliphatic heterocycles. The van der Waals surface area contributed by atoms with Gasteiger partial charge in [0.2, 0.25) is 0 Å². The number of carbonyl (C=O) groups excluding carboxylic acids is 1. The number of nitrogens with zero attached hydrogens (tertiary/aromatic N) is 2. The number of carbonyl (C=O) groups is 1. The van der Waals surface area contributed by atoms with Crippen molar-refractivity contribution < 1.29 is 14.2 Å². The van der Waals surface area contributed by atoms with Crippen LogP contribution in [0.1, 0.15) is 47.4 Å². The SMILES string of the molecule is CC(=O)ON=C1CC(c2ccccc2)Cc2onc(Cc3cccc4ccccc34)c21. The van der Waals surface area contributed by atoms with E-state index < -0.39 is 5.97 Å². The van der Waals surface area contributed by atoms with Crippen molar-refractivity contribution in [3.05, 3.63) is 101 Å². The van der Waals surface area contributed by atoms with E-state index in [1.807, 2.05) is 30.3 Å². The summed E-state index contributed by atoms with van der Waals surface area (Å²) >= 11 is 0. The van der Waals surface area contributed by atoms with Crippen LogP contribution in [0, 0.1) is 0 Å². The molecule has 31 heavy (non-hydrogen) atoms. The summed E-state index contributed by atoms with van der Waals surface area (Å²) in [7, 11) is 0. The van der Waals surface area contributed by atoms with Gasteiger partial charge in [0.15, 0.2) is 0 Å². The van der Waals surface area contributed by atoms with Gasteiger partial charge in [-0.15, -0.1) is 0 Å². The maximum atomic E-state index is 11.4. The fourth-order valence-electron chi connectivity index (χ4n) is 4.37. The first-order valence-electron chi connectivity index (χ1n) is 10.4. The Kier molecular flexibility index (Phi) is 5.08. The molecule has 1 atom stereocenters. The van der Waals surface area contributed by atoms with Gasteiger partial charge in [-0.2, -0.15) is 0 Å². The van der Waals surface area contributed by atoms with E-state index >= 15 is 0 Å². The predicted molar refractivity (Wildman–Crippen MR) is 119 cm³/mol. The lowest BCUT2D eigenvalue weighted by Gasteiger charge is -2.22. The van der Waals surface area contributed by atoms with E-state index in [1.165, 1.54) is 28.8 Å². The van der Waals surface area contributed by atoms with Crippen LogP contribution in [0.5, 0.6) is 0 Å². The van der Waals surface area contributed by atoms with Crippen LogP contribution < -0.4 is 0 Å². The summed E-state index contributed by atoms with van der Waals surface area (Å²) in [4.78, 5) is 16.5. The zero-order chi connectivity index (χ0) is 21.2. The fourth-order valence-corrected chi connectivity index (χ4v) is 4.37. The smallest absolute Gasteiger partial charge is 0.331 e. The van der Waals surface area contributed by atoms with Gasteiger partial charge in [0.25, 0.3) is 0 Å². The highest BCUT2D eigenvalue weighted by atomic mass is 16.7. The van der Waals surface area contributed by atoms with E-state index in [-0.39, 0.29) is 5.92 Å². The normalized spacial score (nSPS) is 16.9. The average molecular weight is 410 g/mol. The fraction of sp³-hybridized carbons (Fsp3) is 0.192. The highest BCUT2D eigenvalue weighted by molar-refractivity contribution is 6.04. The highest BCUT2D eigenvalue weighted by Crippen LogP contribution is 2.36. The second-order valence-electron chi connectivity index (χ2n) is 7.88. The molecule has 4 aromatic rings. The van der Waals surface area contributed by atoms with Crippen molar-refractivity contribution in [1.82, 2.24) is 5.16 Å². The largest absolute Gasteiger partial charge is 0.360 e. The Morgan fingerprint density at radius 2 is 1.81 bits per heavy atom. The Hall–Kier alpha value is -3.73. The number of fused-ring (bicyclic) bond motifs is 2. The first-order chi connectivity index (χ1) is 15.2. The number of rotatable bonds is 4. The molecule has 1 heterocycles. The maximum absolute atomic E-state index is 11.4. The summed E-state index contributed by atoms with van der Waals surface area (Å²) < 4.78 is 5.79. The third-order valence-corrected chi connectivity index (χ3v) is 5.79. The Balaban J connectivity index is 1.54. The molecule has 0 saturated carbocycles. The average Bonchev–Trinajstić information content (AvgIpc) is 3.21. The molecule has 0 bridgehead atoms. The molecule has 0 spiro atoms. The number of hydrogen-bond acceptors (Lipinski definition) is 5. The minimum atomic E-state index is -0.442. The van der Waals surface area contributed by atoms with Crippen LogP contribution in [-0.2, 0) is 22.5 Å². The maximum Gasteiger partial charge on any atom is 0.331 e. The summed E-state index contributed by atoms with van der Waals surface area (Å²) in [5.41, 5.74) is 4.79. The first-order valence-corrected chi connectivity index (χ1v) is 10.4. The van der Waals surface area contributed by atoms with Gasteiger partial charge in [-0.3, -0.25) is 0 Å². The number of hydrogen-bond donors (Lipinski definition) is 0. The number of benzene rings is 3. The zero-order valence-electron chi connectivity index (χ0n) is 17.2. The van der Waals surface area contributed by atoms with Gasteiger partial charge in [0, 0.05) is 26.2 Å². The molecule has 3 aromatic carbocycles. The Labute approximate surface area is 180 Å². The lowest BCUT2D eigenvalue weighted by Crippen LogP contribution is -2.20. The van der Waals surface area contributed by atoms with E-state index in [9.17, 15) is 4.79 Å². The summed E-state index contributed by atoms with van der Waals surface area (Å²) in [6.45, 7) is 1.35. The summed E-state index contributed by atoms with van der Waals surface area (Å²) in [6.07, 6.45) is 2.02. The van der Waals surface area contributed by atoms with Crippen LogP contribution in [0.4, 0.5) is 0 Å². The molecule has 1 aliphatic carbocycles. The Morgan fingerprint density at radius 3 is 2.65 bits per heavy atom. The van der Waals surface area contributed by atoms with Crippen molar-refractivity contribution in [3.8, 4) is 0 Å². The zero-order valence-corrected chi connectivity index (χ0v) is 17.2. The van der Waals surface area contributed by atoms with Gasteiger partial charge in [-0.1, -0.05) is 83.1 Å². The van der Waals surface area contributed by atoms with E-state index in [0.717, 1.165) is 23.4 Å². The summed E-state index contributed by atoms with van der Waals surface area (Å²) in [5, 5.41) is 11.0. The molecule has 0 amide bonds. The molecule has 5 nitrogen and oxygen atoms in total. The van der Waals surface area contributed by atoms with Gasteiger partial charge in [0.1, 0.15) is 5.76 Å². The van der Waals surface area contributed by atoms with Crippen molar-refractivity contribution in [2.75, 3.05) is 0 Å². The topological polar surface area (TPSA) is 64.7 Å². The molecular formula is C26H22N2O3. The van der Waals surface area contributed by atoms with Crippen LogP contribution in [0.2, 0.25) is 0 Å². The van der Waals surface area contributed by atoms with Crippen molar-refractivity contribution in [3.63, 3.8) is 0 Å². The van der Waals surface area contributed by atoms with E-state index in [0.29, 0.717) is 18.6 Å². The third-order valence-electron chi connectivity index (χ3n) is 5.79. The number of oxime groups is 1. The molecule has 1 unspecified atom stereocenters. The van der Waals surface area contributed by atoms with Crippen molar-refractivity contribution in [2.24, 2.45) is 5.16 Å². The van der Waals surface area contributed by atoms with Gasteiger partial charge >= 0.3 is 5.97 Å². The first kappa shape index (κ1) is 19.2. The summed E-state index contributed by atoms with van der Waals surface area (Å²) in [6, 6.07) is 24.9. The lowest BCUT2D eigenvalue weighted by molar-refractivity contribution is -0.140. The predicted octanol–water partition coefficient (Wildman–Crippen LogP) is 5.42.